The molecule has 6 heteroatoms. The lowest BCUT2D eigenvalue weighted by Gasteiger charge is -2.35. The second-order valence-electron chi connectivity index (χ2n) is 8.54. The Morgan fingerprint density at radius 3 is 2.46 bits per heavy atom. The molecule has 0 aromatic heterocycles. The van der Waals surface area contributed by atoms with Crippen molar-refractivity contribution in [1.82, 2.24) is 20.4 Å². The number of rotatable bonds is 8. The molecule has 1 heterocycles. The molecule has 0 bridgehead atoms. The predicted octanol–water partition coefficient (Wildman–Crippen LogP) is 2.54. The van der Waals surface area contributed by atoms with Crippen LogP contribution >= 0.6 is 0 Å². The van der Waals surface area contributed by atoms with E-state index in [-0.39, 0.29) is 11.2 Å². The van der Waals surface area contributed by atoms with Crippen molar-refractivity contribution < 1.29 is 4.39 Å². The van der Waals surface area contributed by atoms with Crippen molar-refractivity contribution in [3.63, 3.8) is 0 Å². The van der Waals surface area contributed by atoms with Crippen LogP contribution in [0.3, 0.4) is 0 Å². The van der Waals surface area contributed by atoms with Gasteiger partial charge in [0.1, 0.15) is 5.82 Å². The van der Waals surface area contributed by atoms with Gasteiger partial charge in [-0.3, -0.25) is 4.99 Å². The first-order valence-electron chi connectivity index (χ1n) is 10.5. The van der Waals surface area contributed by atoms with Gasteiger partial charge >= 0.3 is 0 Å². The molecule has 28 heavy (non-hydrogen) atoms. The van der Waals surface area contributed by atoms with Crippen molar-refractivity contribution in [2.45, 2.75) is 33.1 Å². The fourth-order valence-corrected chi connectivity index (χ4v) is 3.60. The maximum absolute atomic E-state index is 13.5. The first-order chi connectivity index (χ1) is 13.3. The maximum atomic E-state index is 13.5. The van der Waals surface area contributed by atoms with Gasteiger partial charge < -0.3 is 20.4 Å². The van der Waals surface area contributed by atoms with E-state index < -0.39 is 0 Å². The molecule has 5 nitrogen and oxygen atoms in total. The van der Waals surface area contributed by atoms with E-state index in [1.165, 1.54) is 19.2 Å². The number of aliphatic imine (C=N–C) groups is 1. The molecule has 1 saturated heterocycles. The van der Waals surface area contributed by atoms with Crippen LogP contribution in [-0.2, 0) is 5.41 Å². The molecule has 1 aliphatic heterocycles. The molecule has 1 fully saturated rings. The van der Waals surface area contributed by atoms with Crippen LogP contribution in [0.15, 0.2) is 29.3 Å². The lowest BCUT2D eigenvalue weighted by atomic mass is 9.84. The van der Waals surface area contributed by atoms with Crippen LogP contribution < -0.4 is 10.6 Å². The van der Waals surface area contributed by atoms with E-state index in [1.54, 1.807) is 19.2 Å². The molecule has 1 atom stereocenters. The minimum absolute atomic E-state index is 0.190. The third-order valence-corrected chi connectivity index (χ3v) is 5.63. The monoisotopic (exact) mass is 391 g/mol. The Hall–Kier alpha value is -1.66. The lowest BCUT2D eigenvalue weighted by molar-refractivity contribution is 0.124. The number of likely N-dealkylation sites (N-methyl/N-ethyl adjacent to an activating group) is 1. The highest BCUT2D eigenvalue weighted by Crippen LogP contribution is 2.22. The van der Waals surface area contributed by atoms with Gasteiger partial charge in [-0.1, -0.05) is 39.8 Å². The first-order valence-corrected chi connectivity index (χ1v) is 10.5. The predicted molar refractivity (Wildman–Crippen MR) is 117 cm³/mol. The highest BCUT2D eigenvalue weighted by atomic mass is 19.1. The highest BCUT2D eigenvalue weighted by molar-refractivity contribution is 5.79. The second-order valence-corrected chi connectivity index (χ2v) is 8.54. The van der Waals surface area contributed by atoms with E-state index >= 15 is 0 Å². The maximum Gasteiger partial charge on any atom is 0.191 e. The van der Waals surface area contributed by atoms with Crippen LogP contribution in [-0.4, -0.2) is 75.2 Å². The third-order valence-electron chi connectivity index (χ3n) is 5.63. The van der Waals surface area contributed by atoms with E-state index in [4.69, 9.17) is 0 Å². The van der Waals surface area contributed by atoms with Crippen molar-refractivity contribution in [3.8, 4) is 0 Å². The summed E-state index contributed by atoms with van der Waals surface area (Å²) in [6, 6.07) is 6.83. The molecule has 0 radical (unpaired) electrons. The number of nitrogens with zero attached hydrogens (tertiary/aromatic N) is 3. The Bertz CT molecular complexity index is 623. The molecule has 2 rings (SSSR count). The van der Waals surface area contributed by atoms with Crippen LogP contribution in [0.5, 0.6) is 0 Å². The molecule has 1 aromatic carbocycles. The Balaban J connectivity index is 1.75. The Kier molecular flexibility index (Phi) is 8.70. The van der Waals surface area contributed by atoms with Crippen molar-refractivity contribution in [2.24, 2.45) is 10.9 Å². The summed E-state index contributed by atoms with van der Waals surface area (Å²) in [6.07, 6.45) is 0. The van der Waals surface area contributed by atoms with Gasteiger partial charge in [0.05, 0.1) is 0 Å². The highest BCUT2D eigenvalue weighted by Gasteiger charge is 2.22. The molecular formula is C22H38FN5. The van der Waals surface area contributed by atoms with Gasteiger partial charge in [-0.2, -0.15) is 0 Å². The van der Waals surface area contributed by atoms with E-state index in [0.29, 0.717) is 12.5 Å². The van der Waals surface area contributed by atoms with Gasteiger partial charge in [-0.15, -0.1) is 0 Å². The van der Waals surface area contributed by atoms with Gasteiger partial charge in [0.2, 0.25) is 0 Å². The SMILES string of the molecule is CCN1CCN(CC(C)CNC(=NC)NCC(C)(C)c2cccc(F)c2)CC1. The normalized spacial score (nSPS) is 18.1. The zero-order valence-electron chi connectivity index (χ0n) is 18.3. The van der Waals surface area contributed by atoms with Crippen LogP contribution in [0.25, 0.3) is 0 Å². The van der Waals surface area contributed by atoms with Crippen LogP contribution in [0.2, 0.25) is 0 Å². The lowest BCUT2D eigenvalue weighted by Crippen LogP contribution is -2.49. The molecule has 0 spiro atoms. The average Bonchev–Trinajstić information content (AvgIpc) is 2.68. The summed E-state index contributed by atoms with van der Waals surface area (Å²) in [5.74, 6) is 1.15. The molecule has 0 saturated carbocycles. The Morgan fingerprint density at radius 1 is 1.18 bits per heavy atom. The molecule has 2 N–H and O–H groups in total. The van der Waals surface area contributed by atoms with E-state index in [9.17, 15) is 4.39 Å². The molecule has 1 aromatic rings. The molecule has 0 aliphatic carbocycles. The minimum Gasteiger partial charge on any atom is -0.356 e. The number of piperazine rings is 1. The summed E-state index contributed by atoms with van der Waals surface area (Å²) in [5.41, 5.74) is 0.791. The van der Waals surface area contributed by atoms with Crippen molar-refractivity contribution in [2.75, 3.05) is 59.4 Å². The van der Waals surface area contributed by atoms with Crippen LogP contribution in [0.4, 0.5) is 4.39 Å². The molecule has 0 amide bonds. The zero-order valence-corrected chi connectivity index (χ0v) is 18.3. The van der Waals surface area contributed by atoms with Gasteiger partial charge in [0.15, 0.2) is 5.96 Å². The number of halogens is 1. The van der Waals surface area contributed by atoms with Gasteiger partial charge in [0, 0.05) is 58.3 Å². The quantitative estimate of drug-likeness (QED) is 0.528. The standard InChI is InChI=1S/C22H38FN5/c1-6-27-10-12-28(13-11-27)16-18(2)15-25-21(24-5)26-17-22(3,4)19-8-7-9-20(23)14-19/h7-9,14,18H,6,10-13,15-17H2,1-5H3,(H2,24,25,26). The molecule has 158 valence electrons. The average molecular weight is 392 g/mol. The van der Waals surface area contributed by atoms with Gasteiger partial charge in [-0.05, 0) is 30.2 Å². The van der Waals surface area contributed by atoms with Crippen molar-refractivity contribution in [3.05, 3.63) is 35.6 Å². The van der Waals surface area contributed by atoms with E-state index in [0.717, 1.165) is 44.2 Å². The number of hydrogen-bond donors (Lipinski definition) is 2. The minimum atomic E-state index is -0.193. The van der Waals surface area contributed by atoms with E-state index in [1.807, 2.05) is 6.07 Å². The summed E-state index contributed by atoms with van der Waals surface area (Å²) < 4.78 is 13.5. The third kappa shape index (κ3) is 7.06. The summed E-state index contributed by atoms with van der Waals surface area (Å²) in [5, 5.41) is 6.84. The van der Waals surface area contributed by atoms with Crippen molar-refractivity contribution >= 4 is 5.96 Å². The summed E-state index contributed by atoms with van der Waals surface area (Å²) >= 11 is 0. The Morgan fingerprint density at radius 2 is 1.86 bits per heavy atom. The second kappa shape index (κ2) is 10.8. The largest absolute Gasteiger partial charge is 0.356 e. The molecular weight excluding hydrogens is 353 g/mol. The van der Waals surface area contributed by atoms with Gasteiger partial charge in [0.25, 0.3) is 0 Å². The topological polar surface area (TPSA) is 42.9 Å². The number of nitrogens with one attached hydrogen (secondary N) is 2. The van der Waals surface area contributed by atoms with Crippen LogP contribution in [0, 0.1) is 11.7 Å². The number of benzene rings is 1. The number of guanidine groups is 1. The molecule has 1 unspecified atom stereocenters. The Labute approximate surface area is 170 Å². The zero-order chi connectivity index (χ0) is 20.6. The number of hydrogen-bond acceptors (Lipinski definition) is 3. The van der Waals surface area contributed by atoms with Gasteiger partial charge in [-0.25, -0.2) is 4.39 Å². The van der Waals surface area contributed by atoms with Crippen LogP contribution in [0.1, 0.15) is 33.3 Å². The smallest absolute Gasteiger partial charge is 0.191 e. The summed E-state index contributed by atoms with van der Waals surface area (Å²) in [7, 11) is 1.79. The molecule has 1 aliphatic rings. The fourth-order valence-electron chi connectivity index (χ4n) is 3.60. The van der Waals surface area contributed by atoms with E-state index in [2.05, 4.69) is 53.1 Å². The fraction of sp³-hybridized carbons (Fsp3) is 0.682. The summed E-state index contributed by atoms with van der Waals surface area (Å²) in [6.45, 7) is 17.2. The first kappa shape index (κ1) is 22.6. The summed E-state index contributed by atoms with van der Waals surface area (Å²) in [4.78, 5) is 9.40. The van der Waals surface area contributed by atoms with Crippen molar-refractivity contribution in [1.29, 1.82) is 0 Å².